The third-order valence-electron chi connectivity index (χ3n) is 4.81. The molecule has 1 aliphatic rings. The van der Waals surface area contributed by atoms with Crippen molar-refractivity contribution < 1.29 is 23.0 Å². The fourth-order valence-electron chi connectivity index (χ4n) is 3.34. The molecule has 0 aliphatic carbocycles. The second-order valence-corrected chi connectivity index (χ2v) is 6.84. The minimum absolute atomic E-state index is 0.0236. The number of phenolic OH excluding ortho intramolecular Hbond substituents is 1. The molecule has 1 saturated heterocycles. The maximum absolute atomic E-state index is 12.7. The molecule has 1 aromatic carbocycles. The van der Waals surface area contributed by atoms with Gasteiger partial charge >= 0.3 is 6.36 Å². The van der Waals surface area contributed by atoms with Crippen LogP contribution in [0.15, 0.2) is 23.0 Å². The Labute approximate surface area is 164 Å². The summed E-state index contributed by atoms with van der Waals surface area (Å²) < 4.78 is 41.9. The first-order valence-electron chi connectivity index (χ1n) is 9.19. The Kier molecular flexibility index (Phi) is 5.96. The summed E-state index contributed by atoms with van der Waals surface area (Å²) in [5.74, 6) is -0.971. The second-order valence-electron chi connectivity index (χ2n) is 6.84. The molecule has 29 heavy (non-hydrogen) atoms. The van der Waals surface area contributed by atoms with Crippen LogP contribution >= 0.6 is 0 Å². The first kappa shape index (κ1) is 20.9. The highest BCUT2D eigenvalue weighted by molar-refractivity contribution is 5.65. The van der Waals surface area contributed by atoms with E-state index in [9.17, 15) is 23.1 Å². The molecule has 1 aromatic heterocycles. The van der Waals surface area contributed by atoms with Gasteiger partial charge in [-0.25, -0.2) is 0 Å². The highest BCUT2D eigenvalue weighted by Crippen LogP contribution is 2.33. The number of hydrogen-bond acceptors (Lipinski definition) is 7. The standard InChI is InChI=1S/C18H22F3N5O3/c1-3-26-8-4-5-11(10-26)22-15-17(28)25(2)16(24-23-15)13-7-6-12(9-14(13)27)29-18(19,20)21/h6-7,9,11,27H,3-5,8,10H2,1-2H3,(H,22,23)/t11-/m1/s1. The molecule has 3 rings (SSSR count). The van der Waals surface area contributed by atoms with Gasteiger partial charge in [-0.05, 0) is 38.1 Å². The highest BCUT2D eigenvalue weighted by Gasteiger charge is 2.31. The predicted octanol–water partition coefficient (Wildman–Crippen LogP) is 2.34. The molecular formula is C18H22F3N5O3. The number of hydrogen-bond donors (Lipinski definition) is 2. The number of alkyl halides is 3. The maximum Gasteiger partial charge on any atom is 0.573 e. The molecule has 1 fully saturated rings. The van der Waals surface area contributed by atoms with E-state index < -0.39 is 23.4 Å². The van der Waals surface area contributed by atoms with Crippen molar-refractivity contribution in [3.63, 3.8) is 0 Å². The fourth-order valence-corrected chi connectivity index (χ4v) is 3.34. The lowest BCUT2D eigenvalue weighted by Crippen LogP contribution is -2.43. The van der Waals surface area contributed by atoms with E-state index in [0.29, 0.717) is 0 Å². The lowest BCUT2D eigenvalue weighted by Gasteiger charge is -2.32. The number of likely N-dealkylation sites (tertiary alicyclic amines) is 1. The molecule has 0 radical (unpaired) electrons. The molecule has 2 N–H and O–H groups in total. The first-order chi connectivity index (χ1) is 13.7. The van der Waals surface area contributed by atoms with E-state index in [2.05, 4.69) is 32.1 Å². The van der Waals surface area contributed by atoms with Crippen molar-refractivity contribution in [2.24, 2.45) is 7.05 Å². The van der Waals surface area contributed by atoms with Gasteiger partial charge in [-0.3, -0.25) is 9.36 Å². The van der Waals surface area contributed by atoms with Gasteiger partial charge in [0.25, 0.3) is 5.56 Å². The van der Waals surface area contributed by atoms with Crippen molar-refractivity contribution in [2.75, 3.05) is 25.0 Å². The van der Waals surface area contributed by atoms with Crippen molar-refractivity contribution in [1.29, 1.82) is 0 Å². The van der Waals surface area contributed by atoms with Crippen LogP contribution in [0.1, 0.15) is 19.8 Å². The molecule has 2 aromatic rings. The van der Waals surface area contributed by atoms with Gasteiger partial charge in [0.2, 0.25) is 5.82 Å². The topological polar surface area (TPSA) is 92.5 Å². The van der Waals surface area contributed by atoms with Crippen molar-refractivity contribution in [1.82, 2.24) is 19.7 Å². The van der Waals surface area contributed by atoms with Crippen LogP contribution in [0.5, 0.6) is 11.5 Å². The van der Waals surface area contributed by atoms with Gasteiger partial charge in [0.05, 0.1) is 5.56 Å². The largest absolute Gasteiger partial charge is 0.573 e. The van der Waals surface area contributed by atoms with Crippen molar-refractivity contribution in [3.05, 3.63) is 28.6 Å². The number of nitrogens with zero attached hydrogens (tertiary/aromatic N) is 4. The van der Waals surface area contributed by atoms with Crippen LogP contribution in [0.2, 0.25) is 0 Å². The number of aromatic hydroxyl groups is 1. The van der Waals surface area contributed by atoms with E-state index in [1.54, 1.807) is 0 Å². The van der Waals surface area contributed by atoms with Gasteiger partial charge in [0.1, 0.15) is 11.5 Å². The molecule has 11 heteroatoms. The summed E-state index contributed by atoms with van der Waals surface area (Å²) in [6, 6.07) is 3.10. The molecule has 8 nitrogen and oxygen atoms in total. The number of halogens is 3. The van der Waals surface area contributed by atoms with E-state index in [1.807, 2.05) is 0 Å². The van der Waals surface area contributed by atoms with E-state index in [4.69, 9.17) is 0 Å². The van der Waals surface area contributed by atoms with Crippen molar-refractivity contribution >= 4 is 5.82 Å². The zero-order valence-corrected chi connectivity index (χ0v) is 16.0. The smallest absolute Gasteiger partial charge is 0.507 e. The number of aromatic nitrogens is 3. The third-order valence-corrected chi connectivity index (χ3v) is 4.81. The predicted molar refractivity (Wildman–Crippen MR) is 99.8 cm³/mol. The Hall–Kier alpha value is -2.82. The molecule has 0 amide bonds. The number of likely N-dealkylation sites (N-methyl/N-ethyl adjacent to an activating group) is 1. The number of phenols is 1. The van der Waals surface area contributed by atoms with Crippen LogP contribution in [0, 0.1) is 0 Å². The van der Waals surface area contributed by atoms with E-state index in [0.717, 1.165) is 44.6 Å². The summed E-state index contributed by atoms with van der Waals surface area (Å²) in [4.78, 5) is 15.0. The Bertz CT molecular complexity index is 932. The number of anilines is 1. The zero-order valence-electron chi connectivity index (χ0n) is 16.0. The number of rotatable bonds is 5. The Morgan fingerprint density at radius 3 is 2.76 bits per heavy atom. The zero-order chi connectivity index (χ0) is 21.2. The van der Waals surface area contributed by atoms with E-state index in [1.165, 1.54) is 17.7 Å². The summed E-state index contributed by atoms with van der Waals surface area (Å²) in [7, 11) is 1.45. The molecular weight excluding hydrogens is 391 g/mol. The minimum Gasteiger partial charge on any atom is -0.507 e. The summed E-state index contributed by atoms with van der Waals surface area (Å²) in [6.07, 6.45) is -2.96. The monoisotopic (exact) mass is 413 g/mol. The molecule has 158 valence electrons. The van der Waals surface area contributed by atoms with Crippen LogP contribution in [0.25, 0.3) is 11.4 Å². The summed E-state index contributed by atoms with van der Waals surface area (Å²) in [5.41, 5.74) is -0.383. The number of piperidine rings is 1. The Morgan fingerprint density at radius 2 is 2.10 bits per heavy atom. The molecule has 0 spiro atoms. The average molecular weight is 413 g/mol. The molecule has 0 saturated carbocycles. The van der Waals surface area contributed by atoms with Crippen molar-refractivity contribution in [2.45, 2.75) is 32.2 Å². The summed E-state index contributed by atoms with van der Waals surface area (Å²) >= 11 is 0. The molecule has 1 aliphatic heterocycles. The van der Waals surface area contributed by atoms with Crippen LogP contribution in [-0.4, -0.2) is 56.8 Å². The highest BCUT2D eigenvalue weighted by atomic mass is 19.4. The molecule has 0 unspecified atom stereocenters. The van der Waals surface area contributed by atoms with Gasteiger partial charge in [-0.15, -0.1) is 23.4 Å². The number of ether oxygens (including phenoxy) is 1. The number of nitrogens with one attached hydrogen (secondary N) is 1. The molecule has 2 heterocycles. The molecule has 0 bridgehead atoms. The Morgan fingerprint density at radius 1 is 1.34 bits per heavy atom. The van der Waals surface area contributed by atoms with Crippen LogP contribution < -0.4 is 15.6 Å². The van der Waals surface area contributed by atoms with Gasteiger partial charge in [0.15, 0.2) is 5.82 Å². The van der Waals surface area contributed by atoms with Crippen LogP contribution in [-0.2, 0) is 7.05 Å². The quantitative estimate of drug-likeness (QED) is 0.777. The van der Waals surface area contributed by atoms with Gasteiger partial charge in [-0.1, -0.05) is 6.92 Å². The lowest BCUT2D eigenvalue weighted by atomic mass is 10.1. The summed E-state index contributed by atoms with van der Waals surface area (Å²) in [6.45, 7) is 4.82. The van der Waals surface area contributed by atoms with Crippen LogP contribution in [0.4, 0.5) is 19.0 Å². The van der Waals surface area contributed by atoms with Gasteiger partial charge in [0, 0.05) is 25.7 Å². The number of benzene rings is 1. The van der Waals surface area contributed by atoms with E-state index >= 15 is 0 Å². The fraction of sp³-hybridized carbons (Fsp3) is 0.500. The second kappa shape index (κ2) is 8.27. The maximum atomic E-state index is 12.7. The third kappa shape index (κ3) is 4.97. The Balaban J connectivity index is 1.83. The van der Waals surface area contributed by atoms with E-state index in [-0.39, 0.29) is 23.2 Å². The van der Waals surface area contributed by atoms with Crippen LogP contribution in [0.3, 0.4) is 0 Å². The average Bonchev–Trinajstić information content (AvgIpc) is 2.65. The van der Waals surface area contributed by atoms with Gasteiger partial charge in [-0.2, -0.15) is 0 Å². The SMILES string of the molecule is CCN1CCC[C@@H](Nc2nnc(-c3ccc(OC(F)(F)F)cc3O)n(C)c2=O)C1. The molecule has 1 atom stereocenters. The first-order valence-corrected chi connectivity index (χ1v) is 9.19. The van der Waals surface area contributed by atoms with Crippen molar-refractivity contribution in [3.8, 4) is 22.9 Å². The van der Waals surface area contributed by atoms with Gasteiger partial charge < -0.3 is 20.1 Å². The summed E-state index contributed by atoms with van der Waals surface area (Å²) in [5, 5.41) is 21.2. The normalized spacial score (nSPS) is 17.9. The lowest BCUT2D eigenvalue weighted by molar-refractivity contribution is -0.274. The minimum atomic E-state index is -4.87.